The molecule has 0 spiro atoms. The van der Waals surface area contributed by atoms with Crippen LogP contribution in [-0.4, -0.2) is 49.2 Å². The number of carbonyl (C=O) groups is 2. The molecule has 2 heterocycles. The van der Waals surface area contributed by atoms with E-state index in [-0.39, 0.29) is 34.5 Å². The number of anilines is 1. The molecule has 1 fully saturated rings. The highest BCUT2D eigenvalue weighted by atomic mass is 35.5. The van der Waals surface area contributed by atoms with Crippen LogP contribution in [0.1, 0.15) is 32.0 Å². The van der Waals surface area contributed by atoms with Crippen LogP contribution in [0.5, 0.6) is 0 Å². The topological polar surface area (TPSA) is 83.6 Å². The third-order valence-electron chi connectivity index (χ3n) is 4.70. The number of hydrogen-bond donors (Lipinski definition) is 1. The summed E-state index contributed by atoms with van der Waals surface area (Å²) in [5.74, 6) is 0.850. The van der Waals surface area contributed by atoms with Gasteiger partial charge in [0.05, 0.1) is 38.5 Å². The summed E-state index contributed by atoms with van der Waals surface area (Å²) in [7, 11) is -3.19. The van der Waals surface area contributed by atoms with Gasteiger partial charge in [-0.3, -0.25) is 9.59 Å². The Labute approximate surface area is 182 Å². The van der Waals surface area contributed by atoms with Crippen molar-refractivity contribution in [2.24, 2.45) is 0 Å². The van der Waals surface area contributed by atoms with Gasteiger partial charge in [-0.05, 0) is 43.2 Å². The van der Waals surface area contributed by atoms with Gasteiger partial charge in [-0.15, -0.1) is 17.8 Å². The zero-order valence-corrected chi connectivity index (χ0v) is 18.3. The molecule has 1 N–H and O–H groups in total. The second-order valence-electron chi connectivity index (χ2n) is 6.90. The van der Waals surface area contributed by atoms with Crippen molar-refractivity contribution in [2.45, 2.75) is 19.4 Å². The Balaban J connectivity index is 1.81. The average Bonchev–Trinajstić information content (AvgIpc) is 3.20. The van der Waals surface area contributed by atoms with Crippen LogP contribution in [0, 0.1) is 25.1 Å². The van der Waals surface area contributed by atoms with Crippen molar-refractivity contribution in [1.29, 1.82) is 0 Å². The van der Waals surface area contributed by atoms with E-state index < -0.39 is 27.6 Å². The Morgan fingerprint density at radius 1 is 1.40 bits per heavy atom. The number of terminal acetylenes is 1. The molecule has 0 radical (unpaired) electrons. The third-order valence-corrected chi connectivity index (χ3v) is 7.90. The minimum Gasteiger partial charge on any atom is -0.323 e. The lowest BCUT2D eigenvalue weighted by atomic mass is 10.2. The molecule has 1 atom stereocenters. The second kappa shape index (κ2) is 8.76. The van der Waals surface area contributed by atoms with E-state index in [2.05, 4.69) is 11.2 Å². The van der Waals surface area contributed by atoms with Crippen molar-refractivity contribution in [3.63, 3.8) is 0 Å². The van der Waals surface area contributed by atoms with Crippen molar-refractivity contribution >= 4 is 49.6 Å². The Kier molecular flexibility index (Phi) is 6.50. The van der Waals surface area contributed by atoms with Crippen LogP contribution in [0.25, 0.3) is 0 Å². The molecular weight excluding hydrogens is 451 g/mol. The first-order valence-corrected chi connectivity index (χ1v) is 11.9. The zero-order valence-electron chi connectivity index (χ0n) is 15.9. The lowest BCUT2D eigenvalue weighted by molar-refractivity contribution is 0.0728. The molecule has 0 aliphatic carbocycles. The van der Waals surface area contributed by atoms with Gasteiger partial charge in [0.1, 0.15) is 5.82 Å². The summed E-state index contributed by atoms with van der Waals surface area (Å²) < 4.78 is 36.8. The summed E-state index contributed by atoms with van der Waals surface area (Å²) in [6.07, 6.45) is 5.73. The van der Waals surface area contributed by atoms with Crippen LogP contribution >= 0.6 is 22.9 Å². The number of amides is 2. The number of rotatable bonds is 5. The molecule has 158 valence electrons. The van der Waals surface area contributed by atoms with Gasteiger partial charge >= 0.3 is 0 Å². The SMILES string of the molecule is C#CCN(C(=O)c1sc(NC(=O)c2ccc(F)cc2Cl)cc1C)C1CCS(=O)(=O)C1. The quantitative estimate of drug-likeness (QED) is 0.682. The number of hydrogen-bond acceptors (Lipinski definition) is 5. The maximum Gasteiger partial charge on any atom is 0.265 e. The van der Waals surface area contributed by atoms with Crippen molar-refractivity contribution in [3.05, 3.63) is 51.1 Å². The highest BCUT2D eigenvalue weighted by Crippen LogP contribution is 2.30. The summed E-state index contributed by atoms with van der Waals surface area (Å²) in [4.78, 5) is 27.3. The van der Waals surface area contributed by atoms with Crippen molar-refractivity contribution in [1.82, 2.24) is 4.90 Å². The predicted octanol–water partition coefficient (Wildman–Crippen LogP) is 3.36. The average molecular weight is 469 g/mol. The van der Waals surface area contributed by atoms with Gasteiger partial charge in [-0.25, -0.2) is 12.8 Å². The molecule has 2 amide bonds. The minimum atomic E-state index is -3.19. The van der Waals surface area contributed by atoms with Gasteiger partial charge in [0, 0.05) is 6.04 Å². The number of aryl methyl sites for hydroxylation is 1. The molecule has 1 aromatic heterocycles. The van der Waals surface area contributed by atoms with E-state index in [1.54, 1.807) is 13.0 Å². The molecule has 1 aliphatic rings. The molecule has 30 heavy (non-hydrogen) atoms. The van der Waals surface area contributed by atoms with Crippen LogP contribution in [0.2, 0.25) is 5.02 Å². The van der Waals surface area contributed by atoms with Crippen LogP contribution in [0.4, 0.5) is 9.39 Å². The summed E-state index contributed by atoms with van der Waals surface area (Å²) in [6.45, 7) is 1.70. The third kappa shape index (κ3) is 4.83. The van der Waals surface area contributed by atoms with Crippen molar-refractivity contribution < 1.29 is 22.4 Å². The molecule has 6 nitrogen and oxygen atoms in total. The van der Waals surface area contributed by atoms with Crippen LogP contribution in [-0.2, 0) is 9.84 Å². The number of nitrogens with one attached hydrogen (secondary N) is 1. The molecule has 0 bridgehead atoms. The van der Waals surface area contributed by atoms with Crippen molar-refractivity contribution in [3.8, 4) is 12.3 Å². The first-order valence-electron chi connectivity index (χ1n) is 8.93. The van der Waals surface area contributed by atoms with Gasteiger partial charge in [0.2, 0.25) is 0 Å². The Hall–Kier alpha value is -2.41. The fourth-order valence-electron chi connectivity index (χ4n) is 3.23. The molecule has 3 rings (SSSR count). The Morgan fingerprint density at radius 2 is 2.13 bits per heavy atom. The fraction of sp³-hybridized carbons (Fsp3) is 0.300. The number of halogens is 2. The van der Waals surface area contributed by atoms with Gasteiger partial charge in [0.25, 0.3) is 11.8 Å². The molecule has 1 unspecified atom stereocenters. The number of thiophene rings is 1. The lowest BCUT2D eigenvalue weighted by Gasteiger charge is -2.26. The summed E-state index contributed by atoms with van der Waals surface area (Å²) in [5, 5.41) is 3.03. The maximum atomic E-state index is 13.2. The Morgan fingerprint density at radius 3 is 2.73 bits per heavy atom. The first-order chi connectivity index (χ1) is 14.1. The molecular formula is C20H18ClFN2O4S2. The van der Waals surface area contributed by atoms with Gasteiger partial charge in [-0.1, -0.05) is 17.5 Å². The molecule has 1 aliphatic heterocycles. The fourth-order valence-corrected chi connectivity index (χ4v) is 6.23. The number of nitrogens with zero attached hydrogens (tertiary/aromatic N) is 1. The smallest absolute Gasteiger partial charge is 0.265 e. The van der Waals surface area contributed by atoms with Gasteiger partial charge in [-0.2, -0.15) is 0 Å². The first kappa shape index (κ1) is 22.3. The zero-order chi connectivity index (χ0) is 22.1. The number of carbonyl (C=O) groups excluding carboxylic acids is 2. The van der Waals surface area contributed by atoms with Crippen LogP contribution in [0.3, 0.4) is 0 Å². The molecule has 0 saturated carbocycles. The van der Waals surface area contributed by atoms with Crippen LogP contribution in [0.15, 0.2) is 24.3 Å². The highest BCUT2D eigenvalue weighted by Gasteiger charge is 2.35. The predicted molar refractivity (Wildman–Crippen MR) is 115 cm³/mol. The van der Waals surface area contributed by atoms with E-state index in [0.717, 1.165) is 23.5 Å². The largest absolute Gasteiger partial charge is 0.323 e. The second-order valence-corrected chi connectivity index (χ2v) is 10.6. The monoisotopic (exact) mass is 468 g/mol. The standard InChI is InChI=1S/C20H18ClFN2O4S2/c1-3-7-24(14-6-8-30(27,28)11-14)20(26)18-12(2)9-17(29-18)23-19(25)15-5-4-13(22)10-16(15)21/h1,4-5,9-10,14H,6-8,11H2,2H3,(H,23,25). The molecule has 1 aromatic carbocycles. The molecule has 10 heteroatoms. The number of benzene rings is 1. The van der Waals surface area contributed by atoms with E-state index in [1.165, 1.54) is 11.0 Å². The van der Waals surface area contributed by atoms with E-state index in [1.807, 2.05) is 0 Å². The summed E-state index contributed by atoms with van der Waals surface area (Å²) >= 11 is 6.98. The van der Waals surface area contributed by atoms with E-state index in [4.69, 9.17) is 18.0 Å². The van der Waals surface area contributed by atoms with Gasteiger partial charge in [0.15, 0.2) is 9.84 Å². The lowest BCUT2D eigenvalue weighted by Crippen LogP contribution is -2.41. The minimum absolute atomic E-state index is 0.0107. The molecule has 2 aromatic rings. The van der Waals surface area contributed by atoms with Gasteiger partial charge < -0.3 is 10.2 Å². The highest BCUT2D eigenvalue weighted by molar-refractivity contribution is 7.91. The van der Waals surface area contributed by atoms with E-state index >= 15 is 0 Å². The Bertz CT molecular complexity index is 1150. The van der Waals surface area contributed by atoms with E-state index in [9.17, 15) is 22.4 Å². The maximum absolute atomic E-state index is 13.2. The normalized spacial score (nSPS) is 17.3. The summed E-state index contributed by atoms with van der Waals surface area (Å²) in [6, 6.07) is 4.60. The molecule has 1 saturated heterocycles. The summed E-state index contributed by atoms with van der Waals surface area (Å²) in [5.41, 5.74) is 0.718. The van der Waals surface area contributed by atoms with E-state index in [0.29, 0.717) is 21.9 Å². The van der Waals surface area contributed by atoms with Crippen molar-refractivity contribution in [2.75, 3.05) is 23.4 Å². The number of sulfone groups is 1. The van der Waals surface area contributed by atoms with Crippen LogP contribution < -0.4 is 5.32 Å².